The minimum atomic E-state index is -0.461. The Morgan fingerprint density at radius 1 is 1.53 bits per heavy atom. The van der Waals surface area contributed by atoms with Crippen LogP contribution >= 0.6 is 0 Å². The van der Waals surface area contributed by atoms with Gasteiger partial charge in [0.25, 0.3) is 0 Å². The van der Waals surface area contributed by atoms with Gasteiger partial charge < -0.3 is 10.2 Å². The summed E-state index contributed by atoms with van der Waals surface area (Å²) >= 11 is 0. The third kappa shape index (κ3) is 2.91. The van der Waals surface area contributed by atoms with Gasteiger partial charge in [0.2, 0.25) is 11.8 Å². The van der Waals surface area contributed by atoms with E-state index in [1.807, 2.05) is 13.8 Å². The predicted octanol–water partition coefficient (Wildman–Crippen LogP) is 0.329. The SMILES string of the molecule is CC(C)C1NC(=O)CN(CCCF)C1=O. The first kappa shape index (κ1) is 11.9. The zero-order valence-electron chi connectivity index (χ0n) is 9.12. The molecular weight excluding hydrogens is 199 g/mol. The number of carbonyl (C=O) groups excluding carboxylic acids is 2. The minimum Gasteiger partial charge on any atom is -0.343 e. The van der Waals surface area contributed by atoms with E-state index in [9.17, 15) is 14.0 Å². The molecule has 1 N–H and O–H groups in total. The molecule has 1 saturated heterocycles. The Bertz CT molecular complexity index is 256. The van der Waals surface area contributed by atoms with E-state index >= 15 is 0 Å². The van der Waals surface area contributed by atoms with Gasteiger partial charge in [0, 0.05) is 6.54 Å². The number of hydrogen-bond donors (Lipinski definition) is 1. The molecule has 0 aromatic heterocycles. The Kier molecular flexibility index (Phi) is 4.05. The average Bonchev–Trinajstić information content (AvgIpc) is 2.18. The second kappa shape index (κ2) is 5.09. The lowest BCUT2D eigenvalue weighted by molar-refractivity contribution is -0.145. The van der Waals surface area contributed by atoms with Crippen LogP contribution < -0.4 is 5.32 Å². The Balaban J connectivity index is 2.63. The Morgan fingerprint density at radius 2 is 2.20 bits per heavy atom. The van der Waals surface area contributed by atoms with Crippen LogP contribution in [0.1, 0.15) is 20.3 Å². The zero-order chi connectivity index (χ0) is 11.4. The molecule has 5 heteroatoms. The van der Waals surface area contributed by atoms with Crippen LogP contribution in [0.25, 0.3) is 0 Å². The van der Waals surface area contributed by atoms with Crippen LogP contribution in [0.5, 0.6) is 0 Å². The monoisotopic (exact) mass is 216 g/mol. The number of nitrogens with zero attached hydrogens (tertiary/aromatic N) is 1. The first-order valence-electron chi connectivity index (χ1n) is 5.20. The van der Waals surface area contributed by atoms with Gasteiger partial charge in [-0.05, 0) is 12.3 Å². The topological polar surface area (TPSA) is 49.4 Å². The first-order chi connectivity index (χ1) is 7.06. The van der Waals surface area contributed by atoms with Crippen LogP contribution in [0.4, 0.5) is 4.39 Å². The third-order valence-electron chi connectivity index (χ3n) is 2.46. The summed E-state index contributed by atoms with van der Waals surface area (Å²) in [4.78, 5) is 24.5. The van der Waals surface area contributed by atoms with Crippen molar-refractivity contribution in [1.29, 1.82) is 0 Å². The van der Waals surface area contributed by atoms with E-state index in [4.69, 9.17) is 0 Å². The number of hydrogen-bond acceptors (Lipinski definition) is 2. The van der Waals surface area contributed by atoms with E-state index in [1.165, 1.54) is 4.90 Å². The predicted molar refractivity (Wildman–Crippen MR) is 53.9 cm³/mol. The van der Waals surface area contributed by atoms with Gasteiger partial charge in [-0.3, -0.25) is 14.0 Å². The second-order valence-electron chi connectivity index (χ2n) is 4.09. The molecule has 0 bridgehead atoms. The molecule has 1 atom stereocenters. The second-order valence-corrected chi connectivity index (χ2v) is 4.09. The molecule has 0 spiro atoms. The van der Waals surface area contributed by atoms with E-state index in [0.717, 1.165) is 0 Å². The van der Waals surface area contributed by atoms with Gasteiger partial charge in [-0.1, -0.05) is 13.8 Å². The normalized spacial score (nSPS) is 22.1. The lowest BCUT2D eigenvalue weighted by atomic mass is 10.0. The molecule has 0 saturated carbocycles. The number of alkyl halides is 1. The Morgan fingerprint density at radius 3 is 2.73 bits per heavy atom. The van der Waals surface area contributed by atoms with E-state index in [0.29, 0.717) is 13.0 Å². The molecule has 0 aliphatic carbocycles. The maximum Gasteiger partial charge on any atom is 0.245 e. The molecule has 2 amide bonds. The molecular formula is C10H17FN2O2. The Labute approximate surface area is 88.8 Å². The third-order valence-corrected chi connectivity index (χ3v) is 2.46. The molecule has 0 aromatic rings. The molecule has 1 aliphatic rings. The molecule has 1 aliphatic heterocycles. The molecule has 86 valence electrons. The lowest BCUT2D eigenvalue weighted by Crippen LogP contribution is -2.59. The summed E-state index contributed by atoms with van der Waals surface area (Å²) in [6.45, 7) is 3.68. The van der Waals surface area contributed by atoms with Crippen molar-refractivity contribution in [2.75, 3.05) is 19.8 Å². The number of amides is 2. The number of nitrogens with one attached hydrogen (secondary N) is 1. The molecule has 1 rings (SSSR count). The van der Waals surface area contributed by atoms with Gasteiger partial charge in [-0.2, -0.15) is 0 Å². The highest BCUT2D eigenvalue weighted by molar-refractivity contribution is 5.94. The van der Waals surface area contributed by atoms with E-state index in [1.54, 1.807) is 0 Å². The van der Waals surface area contributed by atoms with Crippen LogP contribution in [-0.2, 0) is 9.59 Å². The van der Waals surface area contributed by atoms with Crippen molar-refractivity contribution in [2.24, 2.45) is 5.92 Å². The molecule has 1 unspecified atom stereocenters. The largest absolute Gasteiger partial charge is 0.343 e. The summed E-state index contributed by atoms with van der Waals surface area (Å²) in [6, 6.07) is -0.453. The maximum atomic E-state index is 12.0. The number of carbonyl (C=O) groups is 2. The van der Waals surface area contributed by atoms with Crippen molar-refractivity contribution in [3.8, 4) is 0 Å². The van der Waals surface area contributed by atoms with Crippen molar-refractivity contribution in [1.82, 2.24) is 10.2 Å². The van der Waals surface area contributed by atoms with Crippen LogP contribution in [0.3, 0.4) is 0 Å². The molecule has 1 heterocycles. The number of halogens is 1. The van der Waals surface area contributed by atoms with E-state index < -0.39 is 12.7 Å². The molecule has 1 fully saturated rings. The van der Waals surface area contributed by atoms with Crippen molar-refractivity contribution in [3.05, 3.63) is 0 Å². The summed E-state index contributed by atoms with van der Waals surface area (Å²) in [7, 11) is 0. The van der Waals surface area contributed by atoms with Gasteiger partial charge in [0.1, 0.15) is 6.04 Å². The van der Waals surface area contributed by atoms with Gasteiger partial charge >= 0.3 is 0 Å². The Hall–Kier alpha value is -1.13. The van der Waals surface area contributed by atoms with Crippen molar-refractivity contribution < 1.29 is 14.0 Å². The van der Waals surface area contributed by atoms with Crippen molar-refractivity contribution >= 4 is 11.8 Å². The standard InChI is InChI=1S/C10H17FN2O2/c1-7(2)9-10(15)13(5-3-4-11)6-8(14)12-9/h7,9H,3-6H2,1-2H3,(H,12,14). The number of piperazine rings is 1. The fraction of sp³-hybridized carbons (Fsp3) is 0.800. The summed E-state index contributed by atoms with van der Waals surface area (Å²) in [6.07, 6.45) is 0.295. The first-order valence-corrected chi connectivity index (χ1v) is 5.20. The van der Waals surface area contributed by atoms with Gasteiger partial charge in [0.05, 0.1) is 13.2 Å². The lowest BCUT2D eigenvalue weighted by Gasteiger charge is -2.34. The molecule has 0 radical (unpaired) electrons. The summed E-state index contributed by atoms with van der Waals surface area (Å²) in [5.41, 5.74) is 0. The molecule has 15 heavy (non-hydrogen) atoms. The fourth-order valence-electron chi connectivity index (χ4n) is 1.62. The summed E-state index contributed by atoms with van der Waals surface area (Å²) in [5, 5.41) is 2.65. The van der Waals surface area contributed by atoms with Crippen LogP contribution in [0.15, 0.2) is 0 Å². The van der Waals surface area contributed by atoms with Crippen molar-refractivity contribution in [2.45, 2.75) is 26.3 Å². The highest BCUT2D eigenvalue weighted by Gasteiger charge is 2.33. The smallest absolute Gasteiger partial charge is 0.245 e. The zero-order valence-corrected chi connectivity index (χ0v) is 9.12. The average molecular weight is 216 g/mol. The van der Waals surface area contributed by atoms with E-state index in [2.05, 4.69) is 5.32 Å². The number of rotatable bonds is 4. The van der Waals surface area contributed by atoms with Crippen LogP contribution in [-0.4, -0.2) is 42.5 Å². The van der Waals surface area contributed by atoms with Gasteiger partial charge in [-0.25, -0.2) is 0 Å². The highest BCUT2D eigenvalue weighted by Crippen LogP contribution is 2.10. The maximum absolute atomic E-state index is 12.0. The summed E-state index contributed by atoms with van der Waals surface area (Å²) in [5.74, 6) is -0.195. The van der Waals surface area contributed by atoms with Gasteiger partial charge in [-0.15, -0.1) is 0 Å². The van der Waals surface area contributed by atoms with Crippen LogP contribution in [0, 0.1) is 5.92 Å². The molecule has 4 nitrogen and oxygen atoms in total. The van der Waals surface area contributed by atoms with Crippen molar-refractivity contribution in [3.63, 3.8) is 0 Å². The fourth-order valence-corrected chi connectivity index (χ4v) is 1.62. The molecule has 0 aromatic carbocycles. The summed E-state index contributed by atoms with van der Waals surface area (Å²) < 4.78 is 12.0. The van der Waals surface area contributed by atoms with Crippen LogP contribution in [0.2, 0.25) is 0 Å². The van der Waals surface area contributed by atoms with Gasteiger partial charge in [0.15, 0.2) is 0 Å². The highest BCUT2D eigenvalue weighted by atomic mass is 19.1. The van der Waals surface area contributed by atoms with E-state index in [-0.39, 0.29) is 24.3 Å². The quantitative estimate of drug-likeness (QED) is 0.736. The minimum absolute atomic E-state index is 0.0576.